The standard InChI is InChI=1S/C15H21N5O/c1-2-14-17-15(19-18-14)13-11-20(9-10-21-13)8-6-12-5-3-4-7-16-12/h3-5,7,13H,2,6,8-11H2,1H3,(H,17,18,19). The van der Waals surface area contributed by atoms with E-state index in [9.17, 15) is 0 Å². The number of rotatable bonds is 5. The van der Waals surface area contributed by atoms with E-state index in [1.165, 1.54) is 0 Å². The number of aromatic amines is 1. The Kier molecular flexibility index (Phi) is 4.57. The summed E-state index contributed by atoms with van der Waals surface area (Å²) in [5.74, 6) is 1.69. The molecule has 1 aliphatic heterocycles. The number of morpholine rings is 1. The summed E-state index contributed by atoms with van der Waals surface area (Å²) in [7, 11) is 0. The predicted molar refractivity (Wildman–Crippen MR) is 78.8 cm³/mol. The van der Waals surface area contributed by atoms with Gasteiger partial charge in [0.05, 0.1) is 6.61 Å². The first-order valence-electron chi connectivity index (χ1n) is 7.50. The van der Waals surface area contributed by atoms with Crippen LogP contribution in [0.25, 0.3) is 0 Å². The average Bonchev–Trinajstić information content (AvgIpc) is 3.03. The molecule has 1 N–H and O–H groups in total. The third kappa shape index (κ3) is 3.65. The van der Waals surface area contributed by atoms with Gasteiger partial charge in [-0.25, -0.2) is 4.98 Å². The minimum Gasteiger partial charge on any atom is -0.367 e. The van der Waals surface area contributed by atoms with Gasteiger partial charge < -0.3 is 4.74 Å². The normalized spacial score (nSPS) is 19.8. The number of pyridine rings is 1. The summed E-state index contributed by atoms with van der Waals surface area (Å²) in [6, 6.07) is 6.05. The molecule has 3 heterocycles. The van der Waals surface area contributed by atoms with Gasteiger partial charge in [-0.3, -0.25) is 15.0 Å². The summed E-state index contributed by atoms with van der Waals surface area (Å²) in [5, 5.41) is 7.22. The van der Waals surface area contributed by atoms with E-state index in [0.717, 1.165) is 56.4 Å². The molecule has 1 saturated heterocycles. The molecule has 0 amide bonds. The van der Waals surface area contributed by atoms with Gasteiger partial charge in [0.25, 0.3) is 0 Å². The molecule has 0 aliphatic carbocycles. The zero-order valence-corrected chi connectivity index (χ0v) is 12.3. The highest BCUT2D eigenvalue weighted by molar-refractivity contribution is 5.04. The summed E-state index contributed by atoms with van der Waals surface area (Å²) < 4.78 is 5.80. The van der Waals surface area contributed by atoms with Crippen LogP contribution in [-0.2, 0) is 17.6 Å². The molecule has 1 fully saturated rings. The fraction of sp³-hybridized carbons (Fsp3) is 0.533. The number of H-pyrrole nitrogens is 1. The smallest absolute Gasteiger partial charge is 0.180 e. The van der Waals surface area contributed by atoms with Crippen LogP contribution in [0.3, 0.4) is 0 Å². The molecule has 1 aliphatic rings. The van der Waals surface area contributed by atoms with E-state index in [1.54, 1.807) is 0 Å². The first kappa shape index (κ1) is 14.2. The van der Waals surface area contributed by atoms with Crippen molar-refractivity contribution in [1.82, 2.24) is 25.1 Å². The number of ether oxygens (including phenoxy) is 1. The van der Waals surface area contributed by atoms with Crippen molar-refractivity contribution in [3.8, 4) is 0 Å². The zero-order chi connectivity index (χ0) is 14.5. The predicted octanol–water partition coefficient (Wildman–Crippen LogP) is 1.38. The van der Waals surface area contributed by atoms with Crippen LogP contribution in [0.2, 0.25) is 0 Å². The van der Waals surface area contributed by atoms with E-state index in [2.05, 4.69) is 38.1 Å². The van der Waals surface area contributed by atoms with Gasteiger partial charge >= 0.3 is 0 Å². The lowest BCUT2D eigenvalue weighted by molar-refractivity contribution is -0.0338. The van der Waals surface area contributed by atoms with Crippen molar-refractivity contribution in [1.29, 1.82) is 0 Å². The molecular weight excluding hydrogens is 266 g/mol. The topological polar surface area (TPSA) is 66.9 Å². The highest BCUT2D eigenvalue weighted by Gasteiger charge is 2.25. The van der Waals surface area contributed by atoms with E-state index in [-0.39, 0.29) is 6.10 Å². The monoisotopic (exact) mass is 287 g/mol. The molecule has 0 radical (unpaired) electrons. The second-order valence-corrected chi connectivity index (χ2v) is 5.22. The molecule has 0 bridgehead atoms. The quantitative estimate of drug-likeness (QED) is 0.900. The molecule has 0 spiro atoms. The highest BCUT2D eigenvalue weighted by Crippen LogP contribution is 2.19. The fourth-order valence-corrected chi connectivity index (χ4v) is 2.49. The number of nitrogens with zero attached hydrogens (tertiary/aromatic N) is 4. The van der Waals surface area contributed by atoms with Crippen LogP contribution >= 0.6 is 0 Å². The SMILES string of the molecule is CCc1nc(C2CN(CCc3ccccn3)CCO2)n[nH]1. The Morgan fingerprint density at radius 1 is 1.43 bits per heavy atom. The van der Waals surface area contributed by atoms with Gasteiger partial charge in [-0.1, -0.05) is 13.0 Å². The van der Waals surface area contributed by atoms with Crippen molar-refractivity contribution in [2.24, 2.45) is 0 Å². The zero-order valence-electron chi connectivity index (χ0n) is 12.3. The van der Waals surface area contributed by atoms with Crippen LogP contribution in [0.4, 0.5) is 0 Å². The largest absolute Gasteiger partial charge is 0.367 e. The Morgan fingerprint density at radius 2 is 2.38 bits per heavy atom. The van der Waals surface area contributed by atoms with Crippen molar-refractivity contribution in [3.05, 3.63) is 41.7 Å². The molecule has 6 heteroatoms. The minimum absolute atomic E-state index is 0.0287. The Bertz CT molecular complexity index is 556. The number of aromatic nitrogens is 4. The average molecular weight is 287 g/mol. The van der Waals surface area contributed by atoms with Crippen LogP contribution in [0, 0.1) is 0 Å². The van der Waals surface area contributed by atoms with Crippen LogP contribution in [-0.4, -0.2) is 51.3 Å². The number of aryl methyl sites for hydroxylation is 1. The first-order valence-corrected chi connectivity index (χ1v) is 7.50. The van der Waals surface area contributed by atoms with Gasteiger partial charge in [-0.15, -0.1) is 0 Å². The van der Waals surface area contributed by atoms with Crippen LogP contribution in [0.15, 0.2) is 24.4 Å². The summed E-state index contributed by atoms with van der Waals surface area (Å²) >= 11 is 0. The van der Waals surface area contributed by atoms with E-state index in [4.69, 9.17) is 4.74 Å². The van der Waals surface area contributed by atoms with Gasteiger partial charge in [0.1, 0.15) is 11.9 Å². The van der Waals surface area contributed by atoms with E-state index in [1.807, 2.05) is 18.3 Å². The molecular formula is C15H21N5O. The summed E-state index contributed by atoms with van der Waals surface area (Å²) in [5.41, 5.74) is 1.13. The third-order valence-electron chi connectivity index (χ3n) is 3.73. The van der Waals surface area contributed by atoms with Gasteiger partial charge in [0.15, 0.2) is 5.82 Å². The van der Waals surface area contributed by atoms with Crippen LogP contribution < -0.4 is 0 Å². The van der Waals surface area contributed by atoms with E-state index >= 15 is 0 Å². The molecule has 3 rings (SSSR count). The van der Waals surface area contributed by atoms with Crippen LogP contribution in [0.1, 0.15) is 30.4 Å². The fourth-order valence-electron chi connectivity index (χ4n) is 2.49. The maximum atomic E-state index is 5.80. The van der Waals surface area contributed by atoms with Crippen molar-refractivity contribution < 1.29 is 4.74 Å². The maximum Gasteiger partial charge on any atom is 0.180 e. The number of hydrogen-bond acceptors (Lipinski definition) is 5. The summed E-state index contributed by atoms with van der Waals surface area (Å²) in [4.78, 5) is 11.2. The molecule has 0 aromatic carbocycles. The molecule has 6 nitrogen and oxygen atoms in total. The van der Waals surface area contributed by atoms with Gasteiger partial charge in [0.2, 0.25) is 0 Å². The van der Waals surface area contributed by atoms with Gasteiger partial charge in [0, 0.05) is 44.4 Å². The lowest BCUT2D eigenvalue weighted by Crippen LogP contribution is -2.39. The van der Waals surface area contributed by atoms with Gasteiger partial charge in [-0.05, 0) is 12.1 Å². The van der Waals surface area contributed by atoms with Gasteiger partial charge in [-0.2, -0.15) is 5.10 Å². The Morgan fingerprint density at radius 3 is 3.14 bits per heavy atom. The Labute approximate surface area is 124 Å². The Balaban J connectivity index is 1.55. The second-order valence-electron chi connectivity index (χ2n) is 5.22. The molecule has 2 aromatic rings. The maximum absolute atomic E-state index is 5.80. The van der Waals surface area contributed by atoms with Crippen molar-refractivity contribution in [2.45, 2.75) is 25.9 Å². The lowest BCUT2D eigenvalue weighted by atomic mass is 10.2. The molecule has 1 unspecified atom stereocenters. The van der Waals surface area contributed by atoms with Crippen molar-refractivity contribution in [2.75, 3.05) is 26.2 Å². The van der Waals surface area contributed by atoms with Crippen molar-refractivity contribution in [3.63, 3.8) is 0 Å². The third-order valence-corrected chi connectivity index (χ3v) is 3.73. The second kappa shape index (κ2) is 6.78. The Hall–Kier alpha value is -1.79. The number of nitrogens with one attached hydrogen (secondary N) is 1. The molecule has 1 atom stereocenters. The van der Waals surface area contributed by atoms with E-state index in [0.29, 0.717) is 0 Å². The molecule has 112 valence electrons. The first-order chi connectivity index (χ1) is 10.3. The lowest BCUT2D eigenvalue weighted by Gasteiger charge is -2.31. The molecule has 2 aromatic heterocycles. The number of hydrogen-bond donors (Lipinski definition) is 1. The molecule has 0 saturated carbocycles. The van der Waals surface area contributed by atoms with Crippen LogP contribution in [0.5, 0.6) is 0 Å². The highest BCUT2D eigenvalue weighted by atomic mass is 16.5. The summed E-state index contributed by atoms with van der Waals surface area (Å²) in [6.07, 6.45) is 3.64. The molecule has 21 heavy (non-hydrogen) atoms. The van der Waals surface area contributed by atoms with Crippen molar-refractivity contribution >= 4 is 0 Å². The van der Waals surface area contributed by atoms with E-state index < -0.39 is 0 Å². The summed E-state index contributed by atoms with van der Waals surface area (Å²) in [6.45, 7) is 5.57. The minimum atomic E-state index is -0.0287.